The van der Waals surface area contributed by atoms with Gasteiger partial charge in [0.25, 0.3) is 5.91 Å². The van der Waals surface area contributed by atoms with E-state index in [-0.39, 0.29) is 48.6 Å². The van der Waals surface area contributed by atoms with Crippen molar-refractivity contribution < 1.29 is 41.8 Å². The Morgan fingerprint density at radius 1 is 1.16 bits per heavy atom. The van der Waals surface area contributed by atoms with Crippen molar-refractivity contribution in [1.29, 1.82) is 0 Å². The maximum Gasteiger partial charge on any atom is 0.412 e. The molecule has 13 nitrogen and oxygen atoms in total. The van der Waals surface area contributed by atoms with Crippen LogP contribution in [0.15, 0.2) is 36.4 Å². The summed E-state index contributed by atoms with van der Waals surface area (Å²) in [7, 11) is -4.42. The molecule has 2 aromatic carbocycles. The lowest BCUT2D eigenvalue weighted by molar-refractivity contribution is -0.117. The molecule has 15 heteroatoms. The van der Waals surface area contributed by atoms with Crippen molar-refractivity contribution in [2.45, 2.75) is 64.7 Å². The Hall–Kier alpha value is -4.11. The molecule has 2 aliphatic heterocycles. The zero-order chi connectivity index (χ0) is 31.1. The second-order valence-electron chi connectivity index (χ2n) is 12.0. The fourth-order valence-corrected chi connectivity index (χ4v) is 6.66. The van der Waals surface area contributed by atoms with E-state index in [9.17, 15) is 27.9 Å². The van der Waals surface area contributed by atoms with Gasteiger partial charge in [-0.15, -0.1) is 0 Å². The highest BCUT2D eigenvalue weighted by atomic mass is 32.2. The molecule has 240 valence electrons. The Balaban J connectivity index is 0.00000442. The van der Waals surface area contributed by atoms with Gasteiger partial charge in [-0.05, 0) is 45.1 Å². The van der Waals surface area contributed by atoms with E-state index in [0.29, 0.717) is 16.4 Å². The molecule has 0 bridgehead atoms. The zero-order valence-electron chi connectivity index (χ0n) is 24.9. The molecule has 2 fully saturated rings. The highest BCUT2D eigenvalue weighted by molar-refractivity contribution is 7.92. The molecule has 1 saturated carbocycles. The van der Waals surface area contributed by atoms with Gasteiger partial charge in [-0.2, -0.15) is 8.42 Å². The van der Waals surface area contributed by atoms with Crippen LogP contribution in [0.1, 0.15) is 51.2 Å². The van der Waals surface area contributed by atoms with Crippen molar-refractivity contribution in [3.63, 3.8) is 0 Å². The number of halogens is 1. The Morgan fingerprint density at radius 2 is 1.84 bits per heavy atom. The summed E-state index contributed by atoms with van der Waals surface area (Å²) in [6, 6.07) is 9.26. The van der Waals surface area contributed by atoms with E-state index in [4.69, 9.17) is 9.47 Å². The first-order valence-electron chi connectivity index (χ1n) is 14.1. The van der Waals surface area contributed by atoms with Crippen LogP contribution in [0.5, 0.6) is 5.75 Å². The van der Waals surface area contributed by atoms with Crippen molar-refractivity contribution in [1.82, 2.24) is 15.8 Å². The standard InChI is InChI=1S/C29H35FN4O8S.H3N/c1-29(2,3)42-28(38)32(14-18-10-7-11-18)15-20-12-21-22(34(20)27(36)37)13-23(41-17-19-8-5-4-6-9-19)26(25(21)30)33-16-24(35)31-43(33,39)40;/h4-6,8-9,13,18,20H,7,10-12,14-17H2,1-3H3,(H,31,35)(H,36,37);1H3/t20-;/m1./s1. The first kappa shape index (κ1) is 32.8. The minimum absolute atomic E-state index is 0. The molecule has 3 aliphatic rings. The number of carbonyl (C=O) groups is 3. The van der Waals surface area contributed by atoms with Crippen LogP contribution >= 0.6 is 0 Å². The quantitative estimate of drug-likeness (QED) is 0.383. The molecule has 0 unspecified atom stereocenters. The number of carbonyl (C=O) groups excluding carboxylic acids is 2. The molecule has 2 aromatic rings. The number of rotatable bonds is 8. The minimum Gasteiger partial charge on any atom is -0.487 e. The molecule has 5 rings (SSSR count). The third kappa shape index (κ3) is 6.83. The van der Waals surface area contributed by atoms with Gasteiger partial charge in [0.2, 0.25) is 0 Å². The fourth-order valence-electron chi connectivity index (χ4n) is 5.50. The number of benzene rings is 2. The summed E-state index contributed by atoms with van der Waals surface area (Å²) < 4.78 is 55.9. The van der Waals surface area contributed by atoms with E-state index in [1.165, 1.54) is 11.0 Å². The number of anilines is 2. The third-order valence-electron chi connectivity index (χ3n) is 7.65. The molecule has 0 spiro atoms. The van der Waals surface area contributed by atoms with Crippen molar-refractivity contribution in [3.05, 3.63) is 53.3 Å². The van der Waals surface area contributed by atoms with Crippen molar-refractivity contribution in [3.8, 4) is 5.75 Å². The molecular formula is C29H38FN5O8S. The van der Waals surface area contributed by atoms with E-state index in [0.717, 1.165) is 24.2 Å². The van der Waals surface area contributed by atoms with E-state index in [2.05, 4.69) is 0 Å². The molecule has 1 saturated heterocycles. The minimum atomic E-state index is -4.42. The Morgan fingerprint density at radius 3 is 2.39 bits per heavy atom. The maximum absolute atomic E-state index is 16.4. The van der Waals surface area contributed by atoms with Gasteiger partial charge in [-0.3, -0.25) is 9.69 Å². The predicted octanol–water partition coefficient (Wildman–Crippen LogP) is 4.19. The summed E-state index contributed by atoms with van der Waals surface area (Å²) in [5, 5.41) is 10.3. The topological polar surface area (TPSA) is 181 Å². The lowest BCUT2D eigenvalue weighted by Crippen LogP contribution is -2.49. The molecule has 0 aromatic heterocycles. The van der Waals surface area contributed by atoms with Crippen LogP contribution in [-0.2, 0) is 32.8 Å². The summed E-state index contributed by atoms with van der Waals surface area (Å²) in [5.41, 5.74) is -0.650. The summed E-state index contributed by atoms with van der Waals surface area (Å²) in [5.74, 6) is -1.85. The average Bonchev–Trinajstić information content (AvgIpc) is 3.38. The normalized spacial score (nSPS) is 19.0. The number of amides is 3. The van der Waals surface area contributed by atoms with Gasteiger partial charge in [-0.25, -0.2) is 23.0 Å². The Bertz CT molecular complexity index is 1530. The summed E-state index contributed by atoms with van der Waals surface area (Å²) >= 11 is 0. The molecule has 3 amide bonds. The first-order valence-corrected chi connectivity index (χ1v) is 15.5. The van der Waals surface area contributed by atoms with Gasteiger partial charge >= 0.3 is 22.4 Å². The third-order valence-corrected chi connectivity index (χ3v) is 9.02. The number of nitrogens with zero attached hydrogens (tertiary/aromatic N) is 3. The molecule has 1 atom stereocenters. The summed E-state index contributed by atoms with van der Waals surface area (Å²) in [6.07, 6.45) is 0.802. The smallest absolute Gasteiger partial charge is 0.412 e. The molecule has 0 radical (unpaired) electrons. The molecule has 44 heavy (non-hydrogen) atoms. The lowest BCUT2D eigenvalue weighted by atomic mass is 9.85. The van der Waals surface area contributed by atoms with Crippen LogP contribution < -0.4 is 24.8 Å². The fraction of sp³-hybridized carbons (Fsp3) is 0.483. The summed E-state index contributed by atoms with van der Waals surface area (Å²) in [4.78, 5) is 40.3. The average molecular weight is 636 g/mol. The highest BCUT2D eigenvalue weighted by Gasteiger charge is 2.44. The number of ether oxygens (including phenoxy) is 2. The van der Waals surface area contributed by atoms with Crippen molar-refractivity contribution in [2.24, 2.45) is 5.92 Å². The monoisotopic (exact) mass is 635 g/mol. The van der Waals surface area contributed by atoms with E-state index < -0.39 is 58.0 Å². The summed E-state index contributed by atoms with van der Waals surface area (Å²) in [6.45, 7) is 4.77. The predicted molar refractivity (Wildman–Crippen MR) is 160 cm³/mol. The molecule has 5 N–H and O–H groups in total. The van der Waals surface area contributed by atoms with Crippen molar-refractivity contribution in [2.75, 3.05) is 28.8 Å². The van der Waals surface area contributed by atoms with Crippen LogP contribution in [0.4, 0.5) is 25.4 Å². The van der Waals surface area contributed by atoms with E-state index >= 15 is 4.39 Å². The molecule has 2 heterocycles. The zero-order valence-corrected chi connectivity index (χ0v) is 25.7. The van der Waals surface area contributed by atoms with Gasteiger partial charge in [0, 0.05) is 31.1 Å². The first-order chi connectivity index (χ1) is 20.2. The van der Waals surface area contributed by atoms with E-state index in [1.54, 1.807) is 51.1 Å². The van der Waals surface area contributed by atoms with Crippen LogP contribution in [0.2, 0.25) is 0 Å². The van der Waals surface area contributed by atoms with Crippen LogP contribution in [0.3, 0.4) is 0 Å². The van der Waals surface area contributed by atoms with Gasteiger partial charge in [0.05, 0.1) is 11.7 Å². The van der Waals surface area contributed by atoms with Crippen molar-refractivity contribution >= 4 is 39.7 Å². The van der Waals surface area contributed by atoms with Crippen LogP contribution in [-0.4, -0.2) is 67.8 Å². The second-order valence-corrected chi connectivity index (χ2v) is 13.6. The Kier molecular flexibility index (Phi) is 9.30. The lowest BCUT2D eigenvalue weighted by Gasteiger charge is -2.36. The largest absolute Gasteiger partial charge is 0.487 e. The van der Waals surface area contributed by atoms with Gasteiger partial charge in [-0.1, -0.05) is 36.8 Å². The van der Waals surface area contributed by atoms with Crippen LogP contribution in [0.25, 0.3) is 0 Å². The number of hydrogen-bond acceptors (Lipinski definition) is 8. The number of fused-ring (bicyclic) bond motifs is 1. The highest BCUT2D eigenvalue weighted by Crippen LogP contribution is 2.46. The van der Waals surface area contributed by atoms with Crippen LogP contribution in [0, 0.1) is 11.7 Å². The van der Waals surface area contributed by atoms with E-state index in [1.807, 2.05) is 4.72 Å². The number of carboxylic acid groups (broad SMARTS) is 1. The number of nitrogens with one attached hydrogen (secondary N) is 1. The van der Waals surface area contributed by atoms with Gasteiger partial charge in [0.1, 0.15) is 30.2 Å². The Labute approximate surface area is 255 Å². The van der Waals surface area contributed by atoms with Gasteiger partial charge in [0.15, 0.2) is 5.82 Å². The van der Waals surface area contributed by atoms with Gasteiger partial charge < -0.3 is 25.6 Å². The maximum atomic E-state index is 16.4. The molecule has 1 aliphatic carbocycles. The SMILES string of the molecule is CC(C)(C)OC(=O)N(CC1CCC1)C[C@H]1Cc2c(cc(OCc3ccccc3)c(N3CC(=O)NS3(=O)=O)c2F)N1C(=O)O.N. The second kappa shape index (κ2) is 12.5. The molecular weight excluding hydrogens is 597 g/mol. The number of hydrogen-bond donors (Lipinski definition) is 3.